The molecule has 1 N–H and O–H groups in total. The zero-order chi connectivity index (χ0) is 17.2. The largest absolute Gasteiger partial charge is 0.481 e. The number of nitrogens with one attached hydrogen (secondary N) is 1. The average Bonchev–Trinajstić information content (AvgIpc) is 2.62. The summed E-state index contributed by atoms with van der Waals surface area (Å²) in [6, 6.07) is 1.62. The molecule has 1 saturated heterocycles. The van der Waals surface area contributed by atoms with Gasteiger partial charge in [-0.05, 0) is 0 Å². The van der Waals surface area contributed by atoms with Crippen LogP contribution < -0.4 is 14.8 Å². The second-order valence-electron chi connectivity index (χ2n) is 5.17. The summed E-state index contributed by atoms with van der Waals surface area (Å²) in [7, 11) is 3.08. The number of hydrogen-bond donors (Lipinski definition) is 1. The van der Waals surface area contributed by atoms with Gasteiger partial charge >= 0.3 is 0 Å². The van der Waals surface area contributed by atoms with Crippen molar-refractivity contribution in [2.24, 2.45) is 0 Å². The van der Waals surface area contributed by atoms with Crippen LogP contribution in [-0.2, 0) is 15.3 Å². The number of nitrogens with zero attached hydrogens (tertiary/aromatic N) is 3. The zero-order valence-corrected chi connectivity index (χ0v) is 14.9. The van der Waals surface area contributed by atoms with E-state index in [0.29, 0.717) is 35.6 Å². The Morgan fingerprint density at radius 1 is 1.29 bits per heavy atom. The highest BCUT2D eigenvalue weighted by Gasteiger charge is 2.11. The molecule has 0 aromatic carbocycles. The summed E-state index contributed by atoms with van der Waals surface area (Å²) in [5.74, 6) is 2.39. The first kappa shape index (κ1) is 18.8. The molecule has 2 heterocycles. The summed E-state index contributed by atoms with van der Waals surface area (Å²) in [6.45, 7) is 4.92. The molecule has 0 spiro atoms. The molecule has 0 bridgehead atoms. The predicted octanol–water partition coefficient (Wildman–Crippen LogP) is 0.175. The first-order chi connectivity index (χ1) is 11.7. The van der Waals surface area contributed by atoms with E-state index in [1.165, 1.54) is 11.8 Å². The first-order valence-electron chi connectivity index (χ1n) is 7.81. The number of hydrogen-bond acceptors (Lipinski definition) is 8. The number of aromatic nitrogens is 2. The molecule has 1 aliphatic heterocycles. The van der Waals surface area contributed by atoms with Crippen LogP contribution in [0.5, 0.6) is 11.8 Å². The Labute approximate surface area is 146 Å². The molecule has 0 unspecified atom stereocenters. The number of amides is 1. The molecular formula is C15H24N4O4S. The summed E-state index contributed by atoms with van der Waals surface area (Å²) in [6.07, 6.45) is 0. The molecule has 134 valence electrons. The molecule has 0 atom stereocenters. The highest BCUT2D eigenvalue weighted by molar-refractivity contribution is 7.99. The molecule has 0 radical (unpaired) electrons. The van der Waals surface area contributed by atoms with Crippen molar-refractivity contribution in [1.29, 1.82) is 0 Å². The number of ether oxygens (including phenoxy) is 3. The van der Waals surface area contributed by atoms with Gasteiger partial charge in [0.15, 0.2) is 0 Å². The normalized spacial score (nSPS) is 15.1. The van der Waals surface area contributed by atoms with E-state index in [-0.39, 0.29) is 5.91 Å². The van der Waals surface area contributed by atoms with Crippen LogP contribution in [-0.4, -0.2) is 80.1 Å². The fourth-order valence-electron chi connectivity index (χ4n) is 2.19. The van der Waals surface area contributed by atoms with Crippen molar-refractivity contribution in [3.63, 3.8) is 0 Å². The van der Waals surface area contributed by atoms with E-state index in [2.05, 4.69) is 20.2 Å². The molecule has 9 heteroatoms. The van der Waals surface area contributed by atoms with Crippen LogP contribution in [0.15, 0.2) is 6.07 Å². The monoisotopic (exact) mass is 356 g/mol. The van der Waals surface area contributed by atoms with Crippen LogP contribution in [0.2, 0.25) is 0 Å². The Kier molecular flexibility index (Phi) is 8.06. The van der Waals surface area contributed by atoms with Gasteiger partial charge < -0.3 is 19.5 Å². The van der Waals surface area contributed by atoms with Crippen molar-refractivity contribution in [3.05, 3.63) is 11.9 Å². The lowest BCUT2D eigenvalue weighted by Gasteiger charge is -2.26. The molecule has 0 saturated carbocycles. The first-order valence-corrected chi connectivity index (χ1v) is 8.97. The van der Waals surface area contributed by atoms with Gasteiger partial charge in [-0.1, -0.05) is 0 Å². The smallest absolute Gasteiger partial charge is 0.230 e. The van der Waals surface area contributed by atoms with Gasteiger partial charge in [-0.25, -0.2) is 0 Å². The van der Waals surface area contributed by atoms with E-state index in [4.69, 9.17) is 14.2 Å². The molecule has 1 aliphatic rings. The topological polar surface area (TPSA) is 85.8 Å². The summed E-state index contributed by atoms with van der Waals surface area (Å²) in [4.78, 5) is 22.6. The average molecular weight is 356 g/mol. The number of methoxy groups -OCH3 is 2. The van der Waals surface area contributed by atoms with Gasteiger partial charge in [0.2, 0.25) is 17.7 Å². The van der Waals surface area contributed by atoms with Crippen molar-refractivity contribution in [2.75, 3.05) is 59.4 Å². The van der Waals surface area contributed by atoms with Gasteiger partial charge in [-0.2, -0.15) is 9.97 Å². The number of thioether (sulfide) groups is 1. The van der Waals surface area contributed by atoms with Crippen molar-refractivity contribution in [1.82, 2.24) is 20.2 Å². The highest BCUT2D eigenvalue weighted by atomic mass is 32.2. The number of carbonyl (C=O) groups is 1. The van der Waals surface area contributed by atoms with Crippen molar-refractivity contribution in [2.45, 2.75) is 5.75 Å². The third-order valence-corrected chi connectivity index (χ3v) is 4.39. The second kappa shape index (κ2) is 10.3. The van der Waals surface area contributed by atoms with Gasteiger partial charge in [0, 0.05) is 26.2 Å². The summed E-state index contributed by atoms with van der Waals surface area (Å²) in [5, 5.41) is 2.93. The molecule has 1 aromatic heterocycles. The number of morpholine rings is 1. The van der Waals surface area contributed by atoms with Gasteiger partial charge in [-0.3, -0.25) is 9.69 Å². The quantitative estimate of drug-likeness (QED) is 0.670. The lowest BCUT2D eigenvalue weighted by molar-refractivity contribution is -0.118. The Balaban J connectivity index is 1.65. The minimum Gasteiger partial charge on any atom is -0.481 e. The highest BCUT2D eigenvalue weighted by Crippen LogP contribution is 2.17. The zero-order valence-electron chi connectivity index (χ0n) is 14.1. The predicted molar refractivity (Wildman–Crippen MR) is 91.6 cm³/mol. The van der Waals surface area contributed by atoms with Gasteiger partial charge in [0.25, 0.3) is 0 Å². The SMILES string of the molecule is COc1cc(OC)nc(CSCC(=O)NCCN2CCOCC2)n1. The van der Waals surface area contributed by atoms with E-state index >= 15 is 0 Å². The maximum absolute atomic E-state index is 11.9. The van der Waals surface area contributed by atoms with E-state index in [9.17, 15) is 4.79 Å². The molecule has 8 nitrogen and oxygen atoms in total. The summed E-state index contributed by atoms with van der Waals surface area (Å²) in [5.41, 5.74) is 0. The van der Waals surface area contributed by atoms with Crippen LogP contribution >= 0.6 is 11.8 Å². The summed E-state index contributed by atoms with van der Waals surface area (Å²) < 4.78 is 15.5. The van der Waals surface area contributed by atoms with Crippen LogP contribution in [0.4, 0.5) is 0 Å². The number of carbonyl (C=O) groups excluding carboxylic acids is 1. The molecule has 1 aromatic rings. The Hall–Kier alpha value is -1.58. The maximum Gasteiger partial charge on any atom is 0.230 e. The minimum atomic E-state index is 0.0168. The maximum atomic E-state index is 11.9. The van der Waals surface area contributed by atoms with Crippen molar-refractivity contribution >= 4 is 17.7 Å². The van der Waals surface area contributed by atoms with E-state index in [1.807, 2.05) is 0 Å². The van der Waals surface area contributed by atoms with E-state index in [0.717, 1.165) is 32.8 Å². The van der Waals surface area contributed by atoms with Crippen LogP contribution in [0.1, 0.15) is 5.82 Å². The van der Waals surface area contributed by atoms with Crippen LogP contribution in [0.25, 0.3) is 0 Å². The lowest BCUT2D eigenvalue weighted by atomic mass is 10.4. The third kappa shape index (κ3) is 6.50. The third-order valence-electron chi connectivity index (χ3n) is 3.46. The minimum absolute atomic E-state index is 0.0168. The number of rotatable bonds is 9. The molecule has 1 fully saturated rings. The van der Waals surface area contributed by atoms with Gasteiger partial charge in [0.1, 0.15) is 5.82 Å². The molecule has 24 heavy (non-hydrogen) atoms. The Bertz CT molecular complexity index is 504. The molecule has 0 aliphatic carbocycles. The van der Waals surface area contributed by atoms with Crippen molar-refractivity contribution in [3.8, 4) is 11.8 Å². The lowest BCUT2D eigenvalue weighted by Crippen LogP contribution is -2.41. The fourth-order valence-corrected chi connectivity index (χ4v) is 2.89. The van der Waals surface area contributed by atoms with Gasteiger partial charge in [0.05, 0.1) is 45.0 Å². The second-order valence-corrected chi connectivity index (χ2v) is 6.15. The fraction of sp³-hybridized carbons (Fsp3) is 0.667. The van der Waals surface area contributed by atoms with E-state index < -0.39 is 0 Å². The van der Waals surface area contributed by atoms with Crippen LogP contribution in [0, 0.1) is 0 Å². The molecule has 1 amide bonds. The molecule has 2 rings (SSSR count). The van der Waals surface area contributed by atoms with Crippen molar-refractivity contribution < 1.29 is 19.0 Å². The Morgan fingerprint density at radius 2 is 1.96 bits per heavy atom. The van der Waals surface area contributed by atoms with E-state index in [1.54, 1.807) is 20.3 Å². The Morgan fingerprint density at radius 3 is 2.58 bits per heavy atom. The van der Waals surface area contributed by atoms with Crippen LogP contribution in [0.3, 0.4) is 0 Å². The van der Waals surface area contributed by atoms with Gasteiger partial charge in [-0.15, -0.1) is 11.8 Å². The molecular weight excluding hydrogens is 332 g/mol. The summed E-state index contributed by atoms with van der Waals surface area (Å²) >= 11 is 1.46. The standard InChI is InChI=1S/C15H24N4O4S/c1-21-14-9-15(22-2)18-12(17-14)10-24-11-13(20)16-3-4-19-5-7-23-8-6-19/h9H,3-8,10-11H2,1-2H3,(H,16,20).